The summed E-state index contributed by atoms with van der Waals surface area (Å²) in [7, 11) is 0. The molecule has 0 radical (unpaired) electrons. The number of hydrogen-bond donors (Lipinski definition) is 2. The molecule has 0 fully saturated rings. The van der Waals surface area contributed by atoms with Gasteiger partial charge in [-0.3, -0.25) is 10.1 Å². The molecule has 1 aromatic heterocycles. The minimum atomic E-state index is -0.341. The largest absolute Gasteiger partial charge is 0.332 e. The molecule has 0 saturated carbocycles. The second kappa shape index (κ2) is 8.81. The lowest BCUT2D eigenvalue weighted by molar-refractivity contribution is 0.0979. The molecule has 0 aliphatic rings. The van der Waals surface area contributed by atoms with E-state index < -0.39 is 0 Å². The Hall–Kier alpha value is -3.88. The predicted molar refractivity (Wildman–Crippen MR) is 136 cm³/mol. The van der Waals surface area contributed by atoms with Crippen LogP contribution >= 0.6 is 23.8 Å². The van der Waals surface area contributed by atoms with Crippen molar-refractivity contribution < 1.29 is 9.18 Å². The molecule has 1 heterocycles. The Morgan fingerprint density at radius 1 is 0.971 bits per heavy atom. The summed E-state index contributed by atoms with van der Waals surface area (Å²) < 4.78 is 13.2. The highest BCUT2D eigenvalue weighted by Crippen LogP contribution is 2.26. The molecule has 0 saturated heterocycles. The van der Waals surface area contributed by atoms with Crippen LogP contribution in [0.15, 0.2) is 72.8 Å². The lowest BCUT2D eigenvalue weighted by Crippen LogP contribution is -2.34. The van der Waals surface area contributed by atoms with Crippen molar-refractivity contribution in [1.82, 2.24) is 20.3 Å². The second-order valence-electron chi connectivity index (χ2n) is 7.67. The molecule has 4 aromatic carbocycles. The molecule has 34 heavy (non-hydrogen) atoms. The van der Waals surface area contributed by atoms with Gasteiger partial charge in [-0.15, -0.1) is 10.2 Å². The van der Waals surface area contributed by atoms with Crippen molar-refractivity contribution in [2.24, 2.45) is 0 Å². The van der Waals surface area contributed by atoms with Crippen LogP contribution in [-0.4, -0.2) is 26.0 Å². The van der Waals surface area contributed by atoms with Crippen molar-refractivity contribution in [3.8, 4) is 5.69 Å². The van der Waals surface area contributed by atoms with E-state index in [4.69, 9.17) is 23.8 Å². The third-order valence-corrected chi connectivity index (χ3v) is 5.91. The average Bonchev–Trinajstić information content (AvgIpc) is 3.22. The first-order valence-corrected chi connectivity index (χ1v) is 11.1. The summed E-state index contributed by atoms with van der Waals surface area (Å²) in [6, 6.07) is 20.4. The van der Waals surface area contributed by atoms with Crippen molar-refractivity contribution in [2.75, 3.05) is 5.32 Å². The zero-order valence-corrected chi connectivity index (χ0v) is 19.4. The van der Waals surface area contributed by atoms with E-state index >= 15 is 0 Å². The second-order valence-corrected chi connectivity index (χ2v) is 8.49. The highest BCUT2D eigenvalue weighted by atomic mass is 35.5. The molecule has 6 nitrogen and oxygen atoms in total. The van der Waals surface area contributed by atoms with Gasteiger partial charge < -0.3 is 5.32 Å². The van der Waals surface area contributed by atoms with Crippen LogP contribution < -0.4 is 10.6 Å². The number of thiocarbonyl (C=S) groups is 1. The molecule has 9 heteroatoms. The summed E-state index contributed by atoms with van der Waals surface area (Å²) in [6.07, 6.45) is 0. The van der Waals surface area contributed by atoms with E-state index in [2.05, 4.69) is 20.8 Å². The minimum Gasteiger partial charge on any atom is -0.332 e. The van der Waals surface area contributed by atoms with Gasteiger partial charge in [0.25, 0.3) is 5.91 Å². The summed E-state index contributed by atoms with van der Waals surface area (Å²) in [5.74, 6) is -0.670. The summed E-state index contributed by atoms with van der Waals surface area (Å²) in [5.41, 5.74) is 3.96. The molecule has 0 atom stereocenters. The van der Waals surface area contributed by atoms with Crippen molar-refractivity contribution in [2.45, 2.75) is 6.92 Å². The van der Waals surface area contributed by atoms with Crippen LogP contribution in [0.25, 0.3) is 27.5 Å². The van der Waals surface area contributed by atoms with Gasteiger partial charge in [-0.1, -0.05) is 35.9 Å². The van der Waals surface area contributed by atoms with Crippen molar-refractivity contribution in [1.29, 1.82) is 0 Å². The summed E-state index contributed by atoms with van der Waals surface area (Å²) in [5, 5.41) is 17.0. The maximum Gasteiger partial charge on any atom is 0.258 e. The van der Waals surface area contributed by atoms with Crippen LogP contribution in [0.3, 0.4) is 0 Å². The Bertz CT molecular complexity index is 1580. The van der Waals surface area contributed by atoms with E-state index in [0.717, 1.165) is 16.3 Å². The zero-order chi connectivity index (χ0) is 23.8. The van der Waals surface area contributed by atoms with E-state index in [0.29, 0.717) is 33.0 Å². The zero-order valence-electron chi connectivity index (χ0n) is 17.8. The Kier molecular flexibility index (Phi) is 5.69. The summed E-state index contributed by atoms with van der Waals surface area (Å²) in [6.45, 7) is 1.90. The molecule has 5 aromatic rings. The van der Waals surface area contributed by atoms with Gasteiger partial charge in [0, 0.05) is 21.7 Å². The molecule has 0 aliphatic heterocycles. The highest BCUT2D eigenvalue weighted by molar-refractivity contribution is 7.80. The fourth-order valence-corrected chi connectivity index (χ4v) is 4.13. The number of halogens is 2. The fourth-order valence-electron chi connectivity index (χ4n) is 3.69. The predicted octanol–water partition coefficient (Wildman–Crippen LogP) is 5.80. The van der Waals surface area contributed by atoms with E-state index in [1.54, 1.807) is 42.5 Å². The van der Waals surface area contributed by atoms with Crippen molar-refractivity contribution >= 4 is 62.3 Å². The Morgan fingerprint density at radius 2 is 1.65 bits per heavy atom. The van der Waals surface area contributed by atoms with E-state index in [-0.39, 0.29) is 16.8 Å². The topological polar surface area (TPSA) is 71.8 Å². The Balaban J connectivity index is 1.37. The number of nitrogens with one attached hydrogen (secondary N) is 2. The number of hydrogen-bond acceptors (Lipinski definition) is 4. The van der Waals surface area contributed by atoms with Gasteiger partial charge in [0.05, 0.1) is 5.69 Å². The van der Waals surface area contributed by atoms with Gasteiger partial charge in [-0.25, -0.2) is 4.39 Å². The van der Waals surface area contributed by atoms with Gasteiger partial charge in [0.1, 0.15) is 16.9 Å². The standard InChI is InChI=1S/C25H17ClFN5OS/c1-14-12-22-23(31-32(30-22)16-10-8-15(27)9-11-16)13-21(14)28-25(34)29-24(33)19-6-2-5-18-17(19)4-3-7-20(18)26/h2-13H,1H3,(H2,28,29,33,34). The number of nitrogens with zero attached hydrogens (tertiary/aromatic N) is 3. The lowest BCUT2D eigenvalue weighted by Gasteiger charge is -2.13. The molecule has 5 rings (SSSR count). The molecular formula is C25H17ClFN5OS. The Morgan fingerprint density at radius 3 is 2.41 bits per heavy atom. The fraction of sp³-hybridized carbons (Fsp3) is 0.0400. The van der Waals surface area contributed by atoms with Crippen molar-refractivity contribution in [3.05, 3.63) is 94.8 Å². The normalized spacial score (nSPS) is 11.0. The van der Waals surface area contributed by atoms with E-state index in [1.807, 2.05) is 25.1 Å². The van der Waals surface area contributed by atoms with Crippen LogP contribution in [0, 0.1) is 12.7 Å². The van der Waals surface area contributed by atoms with Gasteiger partial charge in [-0.05, 0) is 78.6 Å². The number of benzene rings is 4. The van der Waals surface area contributed by atoms with Crippen LogP contribution in [0.4, 0.5) is 10.1 Å². The lowest BCUT2D eigenvalue weighted by atomic mass is 10.0. The number of aryl methyl sites for hydroxylation is 1. The number of amides is 1. The SMILES string of the molecule is Cc1cc2nn(-c3ccc(F)cc3)nc2cc1NC(=S)NC(=O)c1cccc2c(Cl)cccc12. The minimum absolute atomic E-state index is 0.150. The molecule has 0 unspecified atom stereocenters. The number of aromatic nitrogens is 3. The van der Waals surface area contributed by atoms with Crippen molar-refractivity contribution in [3.63, 3.8) is 0 Å². The number of anilines is 1. The number of carbonyl (C=O) groups is 1. The molecular weight excluding hydrogens is 473 g/mol. The molecule has 2 N–H and O–H groups in total. The first kappa shape index (κ1) is 21.9. The third-order valence-electron chi connectivity index (χ3n) is 5.37. The average molecular weight is 490 g/mol. The van der Waals surface area contributed by atoms with Crippen LogP contribution in [0.2, 0.25) is 5.02 Å². The quantitative estimate of drug-likeness (QED) is 0.313. The molecule has 1 amide bonds. The summed E-state index contributed by atoms with van der Waals surface area (Å²) in [4.78, 5) is 14.4. The molecule has 0 bridgehead atoms. The van der Waals surface area contributed by atoms with Gasteiger partial charge >= 0.3 is 0 Å². The maximum absolute atomic E-state index is 13.2. The molecule has 0 aliphatic carbocycles. The van der Waals surface area contributed by atoms with E-state index in [9.17, 15) is 9.18 Å². The number of fused-ring (bicyclic) bond motifs is 2. The maximum atomic E-state index is 13.2. The van der Waals surface area contributed by atoms with Crippen LogP contribution in [0.5, 0.6) is 0 Å². The van der Waals surface area contributed by atoms with Gasteiger partial charge in [-0.2, -0.15) is 4.80 Å². The Labute approximate surface area is 204 Å². The summed E-state index contributed by atoms with van der Waals surface area (Å²) >= 11 is 11.7. The number of carbonyl (C=O) groups excluding carboxylic acids is 1. The first-order valence-electron chi connectivity index (χ1n) is 10.3. The van der Waals surface area contributed by atoms with Crippen LogP contribution in [0.1, 0.15) is 15.9 Å². The smallest absolute Gasteiger partial charge is 0.258 e. The monoisotopic (exact) mass is 489 g/mol. The van der Waals surface area contributed by atoms with Gasteiger partial charge in [0.15, 0.2) is 5.11 Å². The van der Waals surface area contributed by atoms with Gasteiger partial charge in [0.2, 0.25) is 0 Å². The first-order chi connectivity index (χ1) is 16.4. The molecule has 168 valence electrons. The third kappa shape index (κ3) is 4.21. The number of rotatable bonds is 3. The van der Waals surface area contributed by atoms with E-state index in [1.165, 1.54) is 16.9 Å². The molecule has 0 spiro atoms. The van der Waals surface area contributed by atoms with Crippen LogP contribution in [-0.2, 0) is 0 Å². The highest BCUT2D eigenvalue weighted by Gasteiger charge is 2.14.